The molecule has 13 heavy (non-hydrogen) atoms. The summed E-state index contributed by atoms with van der Waals surface area (Å²) in [5.41, 5.74) is 0.822. The van der Waals surface area contributed by atoms with E-state index >= 15 is 0 Å². The van der Waals surface area contributed by atoms with Crippen molar-refractivity contribution in [2.75, 3.05) is 7.11 Å². The highest BCUT2D eigenvalue weighted by Crippen LogP contribution is 2.06. The van der Waals surface area contributed by atoms with Gasteiger partial charge in [0.15, 0.2) is 0 Å². The lowest BCUT2D eigenvalue weighted by molar-refractivity contribution is 0.174. The third-order valence-corrected chi connectivity index (χ3v) is 1.43. The Hall–Kier alpha value is -1.25. The van der Waals surface area contributed by atoms with Crippen LogP contribution in [0.5, 0.6) is 0 Å². The number of nitrogens with one attached hydrogen (secondary N) is 1. The monoisotopic (exact) mass is 183 g/mol. The van der Waals surface area contributed by atoms with Crippen molar-refractivity contribution < 1.29 is 9.53 Å². The molecule has 1 aliphatic rings. The largest absolute Gasteiger partial charge is 0.453 e. The summed E-state index contributed by atoms with van der Waals surface area (Å²) in [7, 11) is 1.35. The molecule has 0 bridgehead atoms. The number of allylic oxidation sites excluding steroid dienone is 3. The lowest BCUT2D eigenvalue weighted by atomic mass is 10.1. The Morgan fingerprint density at radius 2 is 2.15 bits per heavy atom. The van der Waals surface area contributed by atoms with Gasteiger partial charge in [0.05, 0.1) is 7.11 Å². The number of alkyl carbamates (subject to hydrolysis) is 1. The normalized spacial score (nSPS) is 13.6. The first-order valence-corrected chi connectivity index (χ1v) is 4.54. The van der Waals surface area contributed by atoms with Crippen molar-refractivity contribution in [3.05, 3.63) is 23.9 Å². The lowest BCUT2D eigenvalue weighted by Crippen LogP contribution is -2.21. The van der Waals surface area contributed by atoms with E-state index in [1.807, 2.05) is 32.1 Å². The maximum atomic E-state index is 10.7. The van der Waals surface area contributed by atoms with Crippen LogP contribution in [0.25, 0.3) is 0 Å². The Labute approximate surface area is 79.5 Å². The molecule has 0 heterocycles. The van der Waals surface area contributed by atoms with Gasteiger partial charge in [-0.25, -0.2) is 4.79 Å². The molecule has 0 atom stereocenters. The van der Waals surface area contributed by atoms with Crippen LogP contribution in [0, 0.1) is 0 Å². The first-order valence-electron chi connectivity index (χ1n) is 4.54. The number of methoxy groups -OCH3 is 1. The van der Waals surface area contributed by atoms with E-state index in [9.17, 15) is 4.79 Å². The Morgan fingerprint density at radius 3 is 2.62 bits per heavy atom. The fourth-order valence-electron chi connectivity index (χ4n) is 0.875. The second kappa shape index (κ2) is 7.40. The molecule has 3 nitrogen and oxygen atoms in total. The van der Waals surface area contributed by atoms with Gasteiger partial charge in [0, 0.05) is 5.70 Å². The zero-order valence-electron chi connectivity index (χ0n) is 8.46. The zero-order chi connectivity index (χ0) is 10.1. The van der Waals surface area contributed by atoms with Crippen LogP contribution in [-0.2, 0) is 4.74 Å². The first-order chi connectivity index (χ1) is 6.33. The fourth-order valence-corrected chi connectivity index (χ4v) is 0.875. The molecule has 0 aromatic carbocycles. The Morgan fingerprint density at radius 1 is 1.46 bits per heavy atom. The molecular weight excluding hydrogens is 166 g/mol. The van der Waals surface area contributed by atoms with Gasteiger partial charge in [-0.3, -0.25) is 5.32 Å². The van der Waals surface area contributed by atoms with Crippen LogP contribution < -0.4 is 5.32 Å². The lowest BCUT2D eigenvalue weighted by Gasteiger charge is -2.06. The highest BCUT2D eigenvalue weighted by atomic mass is 16.5. The number of amides is 1. The summed E-state index contributed by atoms with van der Waals surface area (Å²) >= 11 is 0. The van der Waals surface area contributed by atoms with Gasteiger partial charge in [-0.1, -0.05) is 26.0 Å². The SMILES string of the molecule is CC.COC(=O)NC1=CCCC=C1. The number of ether oxygens (including phenoxy) is 1. The maximum Gasteiger partial charge on any atom is 0.411 e. The third-order valence-electron chi connectivity index (χ3n) is 1.43. The Bertz CT molecular complexity index is 207. The molecule has 0 aromatic rings. The van der Waals surface area contributed by atoms with Crippen LogP contribution in [0.3, 0.4) is 0 Å². The van der Waals surface area contributed by atoms with Crippen LogP contribution in [0.2, 0.25) is 0 Å². The number of carbonyl (C=O) groups is 1. The highest BCUT2D eigenvalue weighted by molar-refractivity contribution is 5.70. The van der Waals surface area contributed by atoms with Gasteiger partial charge in [0.2, 0.25) is 0 Å². The van der Waals surface area contributed by atoms with Crippen molar-refractivity contribution in [3.8, 4) is 0 Å². The Balaban J connectivity index is 0.000000671. The summed E-state index contributed by atoms with van der Waals surface area (Å²) in [6.45, 7) is 4.00. The van der Waals surface area contributed by atoms with E-state index in [1.165, 1.54) is 7.11 Å². The van der Waals surface area contributed by atoms with Gasteiger partial charge >= 0.3 is 6.09 Å². The van der Waals surface area contributed by atoms with Crippen LogP contribution >= 0.6 is 0 Å². The highest BCUT2D eigenvalue weighted by Gasteiger charge is 2.01. The summed E-state index contributed by atoms with van der Waals surface area (Å²) in [5.74, 6) is 0. The van der Waals surface area contributed by atoms with Gasteiger partial charge in [0.25, 0.3) is 0 Å². The minimum absolute atomic E-state index is 0.414. The summed E-state index contributed by atoms with van der Waals surface area (Å²) < 4.78 is 4.43. The molecule has 1 aliphatic carbocycles. The topological polar surface area (TPSA) is 38.3 Å². The molecule has 0 spiro atoms. The Kier molecular flexibility index (Phi) is 6.69. The predicted octanol–water partition coefficient (Wildman–Crippen LogP) is 2.60. The van der Waals surface area contributed by atoms with Crippen LogP contribution in [0.1, 0.15) is 26.7 Å². The molecule has 74 valence electrons. The van der Waals surface area contributed by atoms with Crippen LogP contribution in [0.4, 0.5) is 4.79 Å². The molecule has 1 N–H and O–H groups in total. The van der Waals surface area contributed by atoms with Crippen LogP contribution in [0.15, 0.2) is 23.9 Å². The zero-order valence-corrected chi connectivity index (χ0v) is 8.46. The van der Waals surface area contributed by atoms with Crippen molar-refractivity contribution in [2.24, 2.45) is 0 Å². The summed E-state index contributed by atoms with van der Waals surface area (Å²) in [6.07, 6.45) is 7.48. The molecule has 0 saturated heterocycles. The molecule has 0 fully saturated rings. The average molecular weight is 183 g/mol. The van der Waals surface area contributed by atoms with E-state index in [2.05, 4.69) is 10.1 Å². The van der Waals surface area contributed by atoms with E-state index in [4.69, 9.17) is 0 Å². The minimum Gasteiger partial charge on any atom is -0.453 e. The summed E-state index contributed by atoms with van der Waals surface area (Å²) in [4.78, 5) is 10.7. The van der Waals surface area contributed by atoms with E-state index in [0.29, 0.717) is 0 Å². The van der Waals surface area contributed by atoms with Gasteiger partial charge in [-0.15, -0.1) is 0 Å². The molecule has 3 heteroatoms. The number of carbonyl (C=O) groups excluding carboxylic acids is 1. The number of hydrogen-bond donors (Lipinski definition) is 1. The summed E-state index contributed by atoms with van der Waals surface area (Å²) in [5, 5.41) is 2.58. The van der Waals surface area contributed by atoms with Gasteiger partial charge in [0.1, 0.15) is 0 Å². The van der Waals surface area contributed by atoms with Gasteiger partial charge in [-0.2, -0.15) is 0 Å². The second-order valence-corrected chi connectivity index (χ2v) is 2.26. The molecule has 0 saturated carbocycles. The molecule has 1 amide bonds. The molecule has 0 unspecified atom stereocenters. The van der Waals surface area contributed by atoms with Crippen molar-refractivity contribution in [1.29, 1.82) is 0 Å². The van der Waals surface area contributed by atoms with Crippen molar-refractivity contribution in [3.63, 3.8) is 0 Å². The molecule has 0 aromatic heterocycles. The summed E-state index contributed by atoms with van der Waals surface area (Å²) in [6, 6.07) is 0. The van der Waals surface area contributed by atoms with Gasteiger partial charge in [-0.05, 0) is 18.9 Å². The molecule has 0 aliphatic heterocycles. The van der Waals surface area contributed by atoms with Crippen molar-refractivity contribution in [1.82, 2.24) is 5.32 Å². The van der Waals surface area contributed by atoms with Gasteiger partial charge < -0.3 is 4.74 Å². The van der Waals surface area contributed by atoms with Crippen molar-refractivity contribution in [2.45, 2.75) is 26.7 Å². The molecule has 0 radical (unpaired) electrons. The van der Waals surface area contributed by atoms with E-state index in [-0.39, 0.29) is 0 Å². The average Bonchev–Trinajstić information content (AvgIpc) is 2.22. The van der Waals surface area contributed by atoms with E-state index in [0.717, 1.165) is 18.5 Å². The fraction of sp³-hybridized carbons (Fsp3) is 0.500. The number of hydrogen-bond acceptors (Lipinski definition) is 2. The molecule has 1 rings (SSSR count). The standard InChI is InChI=1S/C8H11NO2.C2H6/c1-11-8(10)9-7-5-3-2-4-6-7;1-2/h3,5-6H,2,4H2,1H3,(H,9,10);1-2H3. The second-order valence-electron chi connectivity index (χ2n) is 2.26. The number of rotatable bonds is 1. The van der Waals surface area contributed by atoms with Crippen LogP contribution in [-0.4, -0.2) is 13.2 Å². The molecular formula is C10H17NO2. The van der Waals surface area contributed by atoms with Crippen molar-refractivity contribution >= 4 is 6.09 Å². The smallest absolute Gasteiger partial charge is 0.411 e. The van der Waals surface area contributed by atoms with E-state index in [1.54, 1.807) is 0 Å². The maximum absolute atomic E-state index is 10.7. The predicted molar refractivity (Wildman–Crippen MR) is 53.3 cm³/mol. The third kappa shape index (κ3) is 5.06. The minimum atomic E-state index is -0.414. The quantitative estimate of drug-likeness (QED) is 0.678. The van der Waals surface area contributed by atoms with E-state index < -0.39 is 6.09 Å². The first kappa shape index (κ1) is 11.8.